The van der Waals surface area contributed by atoms with Gasteiger partial charge in [-0.05, 0) is 55.5 Å². The molecule has 2 N–H and O–H groups in total. The number of aromatic amines is 1. The second-order valence-electron chi connectivity index (χ2n) is 6.14. The summed E-state index contributed by atoms with van der Waals surface area (Å²) in [4.78, 5) is 19.3. The van der Waals surface area contributed by atoms with E-state index < -0.39 is 10.7 Å². The van der Waals surface area contributed by atoms with E-state index in [0.717, 1.165) is 22.6 Å². The molecular weight excluding hydrogens is 364 g/mol. The van der Waals surface area contributed by atoms with E-state index in [1.54, 1.807) is 14.2 Å². The van der Waals surface area contributed by atoms with Gasteiger partial charge >= 0.3 is 5.97 Å². The number of aliphatic carboxylic acids is 1. The van der Waals surface area contributed by atoms with Crippen LogP contribution in [-0.4, -0.2) is 35.3 Å². The number of hydrogen-bond donors (Lipinski definition) is 3. The van der Waals surface area contributed by atoms with Crippen LogP contribution in [0.4, 0.5) is 0 Å². The summed E-state index contributed by atoms with van der Waals surface area (Å²) in [7, 11) is 3.20. The van der Waals surface area contributed by atoms with Crippen LogP contribution in [0.25, 0.3) is 22.5 Å². The van der Waals surface area contributed by atoms with Gasteiger partial charge in [-0.1, -0.05) is 0 Å². The lowest BCUT2D eigenvalue weighted by molar-refractivity contribution is -0.139. The Balaban J connectivity index is 2.16. The van der Waals surface area contributed by atoms with Crippen molar-refractivity contribution in [2.75, 3.05) is 14.2 Å². The van der Waals surface area contributed by atoms with Gasteiger partial charge in [0.15, 0.2) is 4.75 Å². The molecule has 3 rings (SSSR count). The van der Waals surface area contributed by atoms with Crippen molar-refractivity contribution in [1.82, 2.24) is 9.97 Å². The van der Waals surface area contributed by atoms with Crippen LogP contribution in [-0.2, 0) is 9.54 Å². The predicted molar refractivity (Wildman–Crippen MR) is 107 cm³/mol. The van der Waals surface area contributed by atoms with Crippen LogP contribution in [0.1, 0.15) is 12.7 Å². The zero-order valence-corrected chi connectivity index (χ0v) is 16.1. The van der Waals surface area contributed by atoms with E-state index in [2.05, 4.69) is 22.6 Å². The van der Waals surface area contributed by atoms with Crippen LogP contribution in [0.2, 0.25) is 0 Å². The fourth-order valence-electron chi connectivity index (χ4n) is 2.63. The number of imidazole rings is 1. The fourth-order valence-corrected chi connectivity index (χ4v) is 2.74. The number of carboxylic acids is 1. The zero-order valence-electron chi connectivity index (χ0n) is 15.2. The van der Waals surface area contributed by atoms with Gasteiger partial charge < -0.3 is 19.6 Å². The Morgan fingerprint density at radius 2 is 1.48 bits per heavy atom. The smallest absolute Gasteiger partial charge is 0.327 e. The second kappa shape index (κ2) is 7.36. The van der Waals surface area contributed by atoms with Crippen LogP contribution in [0.3, 0.4) is 0 Å². The van der Waals surface area contributed by atoms with Gasteiger partial charge in [-0.25, -0.2) is 4.98 Å². The molecule has 0 saturated heterocycles. The fraction of sp³-hybridized carbons (Fsp3) is 0.200. The number of thiol groups is 1. The molecule has 0 aliphatic heterocycles. The number of nitrogens with one attached hydrogen (secondary N) is 1. The molecule has 0 aliphatic rings. The first-order valence-electron chi connectivity index (χ1n) is 8.22. The van der Waals surface area contributed by atoms with E-state index in [1.807, 2.05) is 48.5 Å². The largest absolute Gasteiger partial charge is 0.497 e. The molecule has 3 aromatic rings. The molecule has 0 spiro atoms. The zero-order chi connectivity index (χ0) is 19.6. The summed E-state index contributed by atoms with van der Waals surface area (Å²) >= 11 is 4.29. The molecule has 1 atom stereocenters. The van der Waals surface area contributed by atoms with Gasteiger partial charge in [0, 0.05) is 11.1 Å². The maximum atomic E-state index is 11.6. The third-order valence-electron chi connectivity index (χ3n) is 4.32. The summed E-state index contributed by atoms with van der Waals surface area (Å²) in [5, 5.41) is 9.50. The molecule has 0 bridgehead atoms. The lowest BCUT2D eigenvalue weighted by Gasteiger charge is -2.14. The van der Waals surface area contributed by atoms with Gasteiger partial charge in [0.2, 0.25) is 0 Å². The van der Waals surface area contributed by atoms with E-state index in [1.165, 1.54) is 6.92 Å². The normalized spacial score (nSPS) is 13.0. The first-order chi connectivity index (χ1) is 12.9. The highest BCUT2D eigenvalue weighted by Gasteiger charge is 2.35. The standard InChI is InChI=1S/C20H20N2O4S/c1-20(27,19(23)24)18-21-16(12-4-8-14(25-2)9-5-12)17(22-18)13-6-10-15(26-3)11-7-13/h4-11,27H,1-3H3,(H,21,22)(H,23,24). The van der Waals surface area contributed by atoms with Gasteiger partial charge in [0.1, 0.15) is 17.3 Å². The van der Waals surface area contributed by atoms with Gasteiger partial charge in [0.25, 0.3) is 0 Å². The SMILES string of the molecule is COc1ccc(-c2nc(C(C)(S)C(=O)O)[nH]c2-c2ccc(OC)cc2)cc1. The lowest BCUT2D eigenvalue weighted by Crippen LogP contribution is -2.27. The molecule has 27 heavy (non-hydrogen) atoms. The Morgan fingerprint density at radius 3 is 1.93 bits per heavy atom. The van der Waals surface area contributed by atoms with E-state index >= 15 is 0 Å². The van der Waals surface area contributed by atoms with Crippen molar-refractivity contribution in [2.24, 2.45) is 0 Å². The maximum absolute atomic E-state index is 11.6. The van der Waals surface area contributed by atoms with Crippen molar-refractivity contribution in [3.8, 4) is 34.0 Å². The number of nitrogens with zero attached hydrogens (tertiary/aromatic N) is 1. The van der Waals surface area contributed by atoms with E-state index in [-0.39, 0.29) is 5.82 Å². The van der Waals surface area contributed by atoms with E-state index in [4.69, 9.17) is 9.47 Å². The number of carbonyl (C=O) groups is 1. The summed E-state index contributed by atoms with van der Waals surface area (Å²) in [6.07, 6.45) is 0. The topological polar surface area (TPSA) is 84.4 Å². The molecule has 7 heteroatoms. The molecule has 6 nitrogen and oxygen atoms in total. The Labute approximate surface area is 162 Å². The average Bonchev–Trinajstić information content (AvgIpc) is 3.14. The molecule has 1 heterocycles. The average molecular weight is 384 g/mol. The first-order valence-corrected chi connectivity index (χ1v) is 8.66. The molecule has 0 saturated carbocycles. The van der Waals surface area contributed by atoms with E-state index in [9.17, 15) is 9.90 Å². The Morgan fingerprint density at radius 1 is 1.00 bits per heavy atom. The summed E-state index contributed by atoms with van der Waals surface area (Å²) in [6.45, 7) is 1.49. The van der Waals surface area contributed by atoms with Crippen molar-refractivity contribution in [3.05, 3.63) is 54.4 Å². The first kappa shape index (κ1) is 18.8. The van der Waals surface area contributed by atoms with Gasteiger partial charge in [-0.2, -0.15) is 12.6 Å². The molecule has 0 amide bonds. The summed E-state index contributed by atoms with van der Waals surface area (Å²) in [6, 6.07) is 14.9. The summed E-state index contributed by atoms with van der Waals surface area (Å²) in [5.74, 6) is 0.635. The highest BCUT2D eigenvalue weighted by Crippen LogP contribution is 2.36. The Hall–Kier alpha value is -2.93. The minimum absolute atomic E-state index is 0.259. The number of hydrogen-bond acceptors (Lipinski definition) is 5. The van der Waals surface area contributed by atoms with E-state index in [0.29, 0.717) is 11.4 Å². The highest BCUT2D eigenvalue weighted by molar-refractivity contribution is 7.82. The van der Waals surface area contributed by atoms with Gasteiger partial charge in [0.05, 0.1) is 25.6 Å². The second-order valence-corrected chi connectivity index (χ2v) is 7.04. The number of aromatic nitrogens is 2. The number of H-pyrrole nitrogens is 1. The van der Waals surface area contributed by atoms with Crippen LogP contribution >= 0.6 is 12.6 Å². The van der Waals surface area contributed by atoms with Gasteiger partial charge in [-0.15, -0.1) is 0 Å². The minimum atomic E-state index is -1.45. The van der Waals surface area contributed by atoms with Crippen LogP contribution in [0.5, 0.6) is 11.5 Å². The highest BCUT2D eigenvalue weighted by atomic mass is 32.1. The van der Waals surface area contributed by atoms with Crippen LogP contribution in [0, 0.1) is 0 Å². The molecule has 0 fully saturated rings. The molecule has 1 unspecified atom stereocenters. The molecule has 2 aromatic carbocycles. The van der Waals surface area contributed by atoms with Crippen molar-refractivity contribution in [3.63, 3.8) is 0 Å². The van der Waals surface area contributed by atoms with Crippen molar-refractivity contribution in [2.45, 2.75) is 11.7 Å². The number of rotatable bonds is 6. The maximum Gasteiger partial charge on any atom is 0.327 e. The molecule has 0 aliphatic carbocycles. The number of methoxy groups -OCH3 is 2. The van der Waals surface area contributed by atoms with Crippen LogP contribution < -0.4 is 9.47 Å². The molecular formula is C20H20N2O4S. The quantitative estimate of drug-likeness (QED) is 0.560. The summed E-state index contributed by atoms with van der Waals surface area (Å²) in [5.41, 5.74) is 3.03. The summed E-state index contributed by atoms with van der Waals surface area (Å²) < 4.78 is 8.96. The van der Waals surface area contributed by atoms with Crippen molar-refractivity contribution < 1.29 is 19.4 Å². The molecule has 1 aromatic heterocycles. The predicted octanol–water partition coefficient (Wildman–Crippen LogP) is 3.99. The molecule has 140 valence electrons. The van der Waals surface area contributed by atoms with Gasteiger partial charge in [-0.3, -0.25) is 4.79 Å². The van der Waals surface area contributed by atoms with Crippen molar-refractivity contribution >= 4 is 18.6 Å². The monoisotopic (exact) mass is 384 g/mol. The third kappa shape index (κ3) is 3.64. The lowest BCUT2D eigenvalue weighted by atomic mass is 10.0. The van der Waals surface area contributed by atoms with Crippen molar-refractivity contribution in [1.29, 1.82) is 0 Å². The Bertz CT molecular complexity index is 882. The number of ether oxygens (including phenoxy) is 2. The third-order valence-corrected chi connectivity index (χ3v) is 4.73. The van der Waals surface area contributed by atoms with Crippen LogP contribution in [0.15, 0.2) is 48.5 Å². The number of carboxylic acid groups (broad SMARTS) is 1. The Kier molecular flexibility index (Phi) is 5.14. The number of benzene rings is 2. The minimum Gasteiger partial charge on any atom is -0.497 e. The molecule has 0 radical (unpaired) electrons.